The van der Waals surface area contributed by atoms with Crippen molar-refractivity contribution < 1.29 is 64.6 Å². The Morgan fingerprint density at radius 2 is 1.69 bits per heavy atom. The molecule has 190 valence electrons. The number of fused-ring (bicyclic) bond motifs is 1. The van der Waals surface area contributed by atoms with E-state index in [4.69, 9.17) is 18.9 Å². The Morgan fingerprint density at radius 1 is 0.971 bits per heavy atom. The molecule has 2 aromatic rings. The fraction of sp³-hybridized carbons (Fsp3) is 0.409. The van der Waals surface area contributed by atoms with Gasteiger partial charge in [0.15, 0.2) is 23.7 Å². The highest BCUT2D eigenvalue weighted by atomic mass is 16.7. The first-order valence-electron chi connectivity index (χ1n) is 10.4. The van der Waals surface area contributed by atoms with Crippen molar-refractivity contribution in [3.8, 4) is 34.5 Å². The second-order valence-electron chi connectivity index (χ2n) is 8.18. The Bertz CT molecular complexity index is 1120. The predicted molar refractivity (Wildman–Crippen MR) is 112 cm³/mol. The van der Waals surface area contributed by atoms with Gasteiger partial charge in [-0.15, -0.1) is 0 Å². The minimum absolute atomic E-state index is 0.0517. The van der Waals surface area contributed by atoms with Crippen LogP contribution in [0.15, 0.2) is 24.3 Å². The minimum atomic E-state index is -1.93. The van der Waals surface area contributed by atoms with Crippen LogP contribution in [0.1, 0.15) is 17.2 Å². The van der Waals surface area contributed by atoms with Crippen LogP contribution in [0.25, 0.3) is 0 Å². The lowest BCUT2D eigenvalue weighted by atomic mass is 9.93. The first-order valence-corrected chi connectivity index (χ1v) is 10.4. The fourth-order valence-electron chi connectivity index (χ4n) is 4.09. The van der Waals surface area contributed by atoms with Gasteiger partial charge in [0.1, 0.15) is 35.6 Å². The zero-order chi connectivity index (χ0) is 25.6. The van der Waals surface area contributed by atoms with Crippen LogP contribution in [0.4, 0.5) is 0 Å². The zero-order valence-electron chi connectivity index (χ0n) is 18.2. The largest absolute Gasteiger partial charge is 0.508 e. The molecular formula is C22H24O13. The van der Waals surface area contributed by atoms with E-state index >= 15 is 0 Å². The van der Waals surface area contributed by atoms with Crippen LogP contribution in [0.3, 0.4) is 0 Å². The number of aliphatic carboxylic acids is 1. The number of carboxylic acids is 1. The Kier molecular flexibility index (Phi) is 6.53. The van der Waals surface area contributed by atoms with E-state index in [0.29, 0.717) is 0 Å². The monoisotopic (exact) mass is 496 g/mol. The van der Waals surface area contributed by atoms with Gasteiger partial charge < -0.3 is 59.8 Å². The van der Waals surface area contributed by atoms with Gasteiger partial charge in [-0.3, -0.25) is 0 Å². The van der Waals surface area contributed by atoms with E-state index < -0.39 is 54.6 Å². The molecule has 0 bridgehead atoms. The molecule has 2 aliphatic rings. The highest BCUT2D eigenvalue weighted by molar-refractivity contribution is 5.73. The van der Waals surface area contributed by atoms with E-state index in [-0.39, 0.29) is 46.3 Å². The van der Waals surface area contributed by atoms with E-state index in [1.807, 2.05) is 0 Å². The molecule has 1 saturated heterocycles. The summed E-state index contributed by atoms with van der Waals surface area (Å²) < 4.78 is 21.5. The molecule has 13 heteroatoms. The summed E-state index contributed by atoms with van der Waals surface area (Å²) in [5.41, 5.74) is 0.423. The number of methoxy groups -OCH3 is 1. The summed E-state index contributed by atoms with van der Waals surface area (Å²) in [7, 11) is 1.20. The summed E-state index contributed by atoms with van der Waals surface area (Å²) >= 11 is 0. The summed E-state index contributed by atoms with van der Waals surface area (Å²) in [6.45, 7) is 0. The maximum atomic E-state index is 11.4. The van der Waals surface area contributed by atoms with E-state index in [1.54, 1.807) is 0 Å². The number of ether oxygens (including phenoxy) is 4. The molecule has 0 unspecified atom stereocenters. The molecule has 35 heavy (non-hydrogen) atoms. The smallest absolute Gasteiger partial charge is 0.335 e. The molecule has 0 aromatic heterocycles. The van der Waals surface area contributed by atoms with Crippen LogP contribution in [0, 0.1) is 0 Å². The van der Waals surface area contributed by atoms with E-state index in [2.05, 4.69) is 0 Å². The molecule has 7 atom stereocenters. The van der Waals surface area contributed by atoms with Crippen molar-refractivity contribution in [3.05, 3.63) is 35.4 Å². The third kappa shape index (κ3) is 4.47. The number of hydrogen-bond acceptors (Lipinski definition) is 12. The molecule has 2 aliphatic heterocycles. The molecule has 0 saturated carbocycles. The van der Waals surface area contributed by atoms with Crippen molar-refractivity contribution in [2.75, 3.05) is 7.11 Å². The Morgan fingerprint density at radius 3 is 2.34 bits per heavy atom. The maximum Gasteiger partial charge on any atom is 0.335 e. The van der Waals surface area contributed by atoms with Gasteiger partial charge in [-0.2, -0.15) is 0 Å². The first kappa shape index (κ1) is 24.6. The molecule has 0 aliphatic carbocycles. The Hall–Kier alpha value is -3.49. The predicted octanol–water partition coefficient (Wildman–Crippen LogP) is -0.880. The average Bonchev–Trinajstić information content (AvgIpc) is 2.79. The molecule has 0 amide bonds. The van der Waals surface area contributed by atoms with Crippen LogP contribution in [0.2, 0.25) is 0 Å². The van der Waals surface area contributed by atoms with Gasteiger partial charge in [0.25, 0.3) is 0 Å². The molecule has 13 nitrogen and oxygen atoms in total. The molecule has 1 fully saturated rings. The molecule has 2 aromatic carbocycles. The number of rotatable bonds is 5. The molecule has 4 rings (SSSR count). The van der Waals surface area contributed by atoms with Gasteiger partial charge in [-0.1, -0.05) is 0 Å². The summed E-state index contributed by atoms with van der Waals surface area (Å²) in [6.07, 6.45) is -11.8. The normalized spacial score (nSPS) is 30.1. The number of aromatic hydroxyl groups is 3. The zero-order valence-corrected chi connectivity index (χ0v) is 18.2. The molecule has 0 radical (unpaired) electrons. The van der Waals surface area contributed by atoms with Crippen LogP contribution in [-0.4, -0.2) is 90.7 Å². The number of carboxylic acid groups (broad SMARTS) is 1. The van der Waals surface area contributed by atoms with Gasteiger partial charge >= 0.3 is 5.97 Å². The highest BCUT2D eigenvalue weighted by Crippen LogP contribution is 2.46. The number of phenols is 3. The number of aliphatic hydroxyl groups is 4. The van der Waals surface area contributed by atoms with Crippen molar-refractivity contribution in [1.29, 1.82) is 0 Å². The average molecular weight is 496 g/mol. The SMILES string of the molecule is COc1c(O)cc([C@H]2Oc3cc(O)cc(O)c3C[C@H]2O)cc1O[C@@H]1O[C@H](C(=O)O)[C@@H](O)[C@H](O)[C@H]1O. The standard InChI is InChI=1S/C22H24O13/c1-32-19-11(25)2-7(18-12(26)6-9-10(24)4-8(23)5-13(9)33-18)3-14(19)34-22-17(29)15(27)16(28)20(35-22)21(30)31/h2-5,12,15-18,20,22-29H,6H2,1H3,(H,30,31)/t12-,15+,16+,17-,18-,20+,22-/m1/s1. The molecule has 8 N–H and O–H groups in total. The van der Waals surface area contributed by atoms with Crippen molar-refractivity contribution >= 4 is 5.97 Å². The lowest BCUT2D eigenvalue weighted by molar-refractivity contribution is -0.271. The third-order valence-corrected chi connectivity index (χ3v) is 5.83. The van der Waals surface area contributed by atoms with Crippen molar-refractivity contribution in [1.82, 2.24) is 0 Å². The van der Waals surface area contributed by atoms with Gasteiger partial charge in [0, 0.05) is 29.7 Å². The van der Waals surface area contributed by atoms with Crippen molar-refractivity contribution in [3.63, 3.8) is 0 Å². The summed E-state index contributed by atoms with van der Waals surface area (Å²) in [4.78, 5) is 11.4. The second kappa shape index (κ2) is 9.28. The Balaban J connectivity index is 1.68. The third-order valence-electron chi connectivity index (χ3n) is 5.83. The van der Waals surface area contributed by atoms with Gasteiger partial charge in [-0.05, 0) is 12.1 Å². The maximum absolute atomic E-state index is 11.4. The molecule has 0 spiro atoms. The topological polar surface area (TPSA) is 216 Å². The summed E-state index contributed by atoms with van der Waals surface area (Å²) in [5, 5.41) is 80.3. The van der Waals surface area contributed by atoms with Crippen LogP contribution in [-0.2, 0) is 16.0 Å². The fourth-order valence-corrected chi connectivity index (χ4v) is 4.09. The Labute approximate surface area is 197 Å². The first-order chi connectivity index (χ1) is 16.5. The van der Waals surface area contributed by atoms with E-state index in [0.717, 1.165) is 6.07 Å². The van der Waals surface area contributed by atoms with E-state index in [9.17, 15) is 45.6 Å². The number of hydrogen-bond donors (Lipinski definition) is 8. The number of phenolic OH excluding ortho intramolecular Hbond substituents is 3. The van der Waals surface area contributed by atoms with Gasteiger partial charge in [0.2, 0.25) is 12.0 Å². The number of aliphatic hydroxyl groups excluding tert-OH is 4. The summed E-state index contributed by atoms with van der Waals surface area (Å²) in [6, 6.07) is 4.83. The minimum Gasteiger partial charge on any atom is -0.508 e. The lowest BCUT2D eigenvalue weighted by Crippen LogP contribution is -2.61. The number of benzene rings is 2. The molecule has 2 heterocycles. The van der Waals surface area contributed by atoms with Crippen LogP contribution < -0.4 is 14.2 Å². The van der Waals surface area contributed by atoms with E-state index in [1.165, 1.54) is 25.3 Å². The number of carbonyl (C=O) groups is 1. The van der Waals surface area contributed by atoms with Crippen LogP contribution >= 0.6 is 0 Å². The quantitative estimate of drug-likeness (QED) is 0.253. The summed E-state index contributed by atoms with van der Waals surface area (Å²) in [5.74, 6) is -3.02. The van der Waals surface area contributed by atoms with Gasteiger partial charge in [0.05, 0.1) is 13.2 Å². The highest BCUT2D eigenvalue weighted by Gasteiger charge is 2.48. The van der Waals surface area contributed by atoms with Crippen molar-refractivity contribution in [2.45, 2.75) is 49.3 Å². The second-order valence-corrected chi connectivity index (χ2v) is 8.18. The van der Waals surface area contributed by atoms with Crippen molar-refractivity contribution in [2.24, 2.45) is 0 Å². The van der Waals surface area contributed by atoms with Gasteiger partial charge in [-0.25, -0.2) is 4.79 Å². The molecular weight excluding hydrogens is 472 g/mol. The lowest BCUT2D eigenvalue weighted by Gasteiger charge is -2.38. The van der Waals surface area contributed by atoms with Crippen LogP contribution in [0.5, 0.6) is 34.5 Å².